The summed E-state index contributed by atoms with van der Waals surface area (Å²) in [5, 5.41) is 11.8. The van der Waals surface area contributed by atoms with Crippen molar-refractivity contribution in [3.05, 3.63) is 51.5 Å². The van der Waals surface area contributed by atoms with E-state index in [4.69, 9.17) is 0 Å². The molecule has 0 bridgehead atoms. The second-order valence-corrected chi connectivity index (χ2v) is 7.76. The van der Waals surface area contributed by atoms with Crippen LogP contribution >= 0.6 is 43.6 Å². The standard InChI is InChI=1S/C16H13Br2N5OS/c1-23-15(11-4-2-3-5-12(11)18)21-22-16(23)25-9-14(24)20-13-7-6-10(17)8-19-13/h2-8H,9H2,1H3,(H,19,20,24). The molecule has 0 spiro atoms. The summed E-state index contributed by atoms with van der Waals surface area (Å²) >= 11 is 8.15. The van der Waals surface area contributed by atoms with Crippen LogP contribution in [0.15, 0.2) is 56.7 Å². The SMILES string of the molecule is Cn1c(SCC(=O)Nc2ccc(Br)cn2)nnc1-c1ccccc1Br. The smallest absolute Gasteiger partial charge is 0.236 e. The fourth-order valence-electron chi connectivity index (χ4n) is 2.08. The number of hydrogen-bond donors (Lipinski definition) is 1. The summed E-state index contributed by atoms with van der Waals surface area (Å²) in [5.41, 5.74) is 0.952. The molecular formula is C16H13Br2N5OS. The van der Waals surface area contributed by atoms with Crippen LogP contribution in [0.2, 0.25) is 0 Å². The van der Waals surface area contributed by atoms with Crippen LogP contribution in [0.1, 0.15) is 0 Å². The summed E-state index contributed by atoms with van der Waals surface area (Å²) in [4.78, 5) is 16.2. The van der Waals surface area contributed by atoms with E-state index in [1.54, 1.807) is 12.3 Å². The molecule has 2 aromatic heterocycles. The highest BCUT2D eigenvalue weighted by Crippen LogP contribution is 2.28. The van der Waals surface area contributed by atoms with Crippen molar-refractivity contribution in [2.24, 2.45) is 7.05 Å². The lowest BCUT2D eigenvalue weighted by Gasteiger charge is -2.06. The van der Waals surface area contributed by atoms with E-state index in [0.29, 0.717) is 11.0 Å². The first-order chi connectivity index (χ1) is 12.0. The van der Waals surface area contributed by atoms with Crippen LogP contribution in [0.4, 0.5) is 5.82 Å². The Kier molecular flexibility index (Phi) is 5.87. The van der Waals surface area contributed by atoms with E-state index in [2.05, 4.69) is 52.4 Å². The average molecular weight is 483 g/mol. The molecule has 3 rings (SSSR count). The largest absolute Gasteiger partial charge is 0.310 e. The van der Waals surface area contributed by atoms with Gasteiger partial charge in [-0.1, -0.05) is 45.9 Å². The van der Waals surface area contributed by atoms with Gasteiger partial charge in [0.15, 0.2) is 11.0 Å². The van der Waals surface area contributed by atoms with Gasteiger partial charge in [0.2, 0.25) is 5.91 Å². The van der Waals surface area contributed by atoms with E-state index < -0.39 is 0 Å². The monoisotopic (exact) mass is 481 g/mol. The number of aromatic nitrogens is 4. The predicted octanol–water partition coefficient (Wildman–Crippen LogP) is 4.13. The van der Waals surface area contributed by atoms with E-state index in [9.17, 15) is 4.79 Å². The number of amides is 1. The van der Waals surface area contributed by atoms with Crippen molar-refractivity contribution in [2.75, 3.05) is 11.1 Å². The Morgan fingerprint density at radius 2 is 2.00 bits per heavy atom. The van der Waals surface area contributed by atoms with E-state index in [-0.39, 0.29) is 11.7 Å². The number of anilines is 1. The summed E-state index contributed by atoms with van der Waals surface area (Å²) in [6.07, 6.45) is 1.63. The molecule has 0 radical (unpaired) electrons. The fourth-order valence-corrected chi connectivity index (χ4v) is 3.48. The number of carbonyl (C=O) groups excluding carboxylic acids is 1. The second-order valence-electron chi connectivity index (χ2n) is 5.04. The highest BCUT2D eigenvalue weighted by atomic mass is 79.9. The molecule has 9 heteroatoms. The lowest BCUT2D eigenvalue weighted by atomic mass is 10.2. The number of carbonyl (C=O) groups is 1. The minimum absolute atomic E-state index is 0.148. The van der Waals surface area contributed by atoms with Crippen molar-refractivity contribution in [1.82, 2.24) is 19.7 Å². The number of halogens is 2. The molecule has 1 amide bonds. The molecule has 0 saturated heterocycles. The predicted molar refractivity (Wildman–Crippen MR) is 105 cm³/mol. The normalized spacial score (nSPS) is 10.7. The summed E-state index contributed by atoms with van der Waals surface area (Å²) < 4.78 is 3.68. The van der Waals surface area contributed by atoms with Crippen molar-refractivity contribution in [3.8, 4) is 11.4 Å². The van der Waals surface area contributed by atoms with Crippen LogP contribution in [0.3, 0.4) is 0 Å². The molecule has 0 aliphatic carbocycles. The maximum absolute atomic E-state index is 12.1. The minimum atomic E-state index is -0.148. The Balaban J connectivity index is 1.65. The lowest BCUT2D eigenvalue weighted by molar-refractivity contribution is -0.113. The van der Waals surface area contributed by atoms with Gasteiger partial charge >= 0.3 is 0 Å². The van der Waals surface area contributed by atoms with Gasteiger partial charge in [-0.25, -0.2) is 4.98 Å². The van der Waals surface area contributed by atoms with Gasteiger partial charge in [-0.3, -0.25) is 4.79 Å². The van der Waals surface area contributed by atoms with Gasteiger partial charge in [-0.05, 0) is 34.1 Å². The summed E-state index contributed by atoms with van der Waals surface area (Å²) in [6, 6.07) is 11.4. The number of nitrogens with zero attached hydrogens (tertiary/aromatic N) is 4. The maximum atomic E-state index is 12.1. The third-order valence-corrected chi connectivity index (χ3v) is 5.46. The second kappa shape index (κ2) is 8.11. The molecule has 0 fully saturated rings. The van der Waals surface area contributed by atoms with Crippen LogP contribution in [-0.2, 0) is 11.8 Å². The highest BCUT2D eigenvalue weighted by Gasteiger charge is 2.14. The van der Waals surface area contributed by atoms with E-state index >= 15 is 0 Å². The Hall–Kier alpha value is -1.71. The molecule has 0 aliphatic rings. The van der Waals surface area contributed by atoms with Crippen molar-refractivity contribution < 1.29 is 4.79 Å². The number of hydrogen-bond acceptors (Lipinski definition) is 5. The first-order valence-corrected chi connectivity index (χ1v) is 9.80. The molecule has 0 atom stereocenters. The van der Waals surface area contributed by atoms with Crippen LogP contribution < -0.4 is 5.32 Å². The zero-order valence-corrected chi connectivity index (χ0v) is 17.1. The van der Waals surface area contributed by atoms with Gasteiger partial charge < -0.3 is 9.88 Å². The van der Waals surface area contributed by atoms with Crippen LogP contribution in [0.5, 0.6) is 0 Å². The topological polar surface area (TPSA) is 72.7 Å². The van der Waals surface area contributed by atoms with Crippen molar-refractivity contribution in [2.45, 2.75) is 5.16 Å². The number of nitrogens with one attached hydrogen (secondary N) is 1. The first-order valence-electron chi connectivity index (χ1n) is 7.23. The zero-order valence-electron chi connectivity index (χ0n) is 13.1. The van der Waals surface area contributed by atoms with Gasteiger partial charge in [-0.15, -0.1) is 10.2 Å². The molecule has 6 nitrogen and oxygen atoms in total. The summed E-state index contributed by atoms with van der Waals surface area (Å²) in [5.74, 6) is 1.33. The highest BCUT2D eigenvalue weighted by molar-refractivity contribution is 9.10. The number of rotatable bonds is 5. The van der Waals surface area contributed by atoms with Gasteiger partial charge in [0, 0.05) is 27.8 Å². The average Bonchev–Trinajstić information content (AvgIpc) is 2.96. The molecule has 0 unspecified atom stereocenters. The molecule has 1 N–H and O–H groups in total. The molecule has 0 aliphatic heterocycles. The van der Waals surface area contributed by atoms with Crippen molar-refractivity contribution in [1.29, 1.82) is 0 Å². The summed E-state index contributed by atoms with van der Waals surface area (Å²) in [6.45, 7) is 0. The maximum Gasteiger partial charge on any atom is 0.236 e. The van der Waals surface area contributed by atoms with E-state index in [1.165, 1.54) is 11.8 Å². The fraction of sp³-hybridized carbons (Fsp3) is 0.125. The number of benzene rings is 1. The van der Waals surface area contributed by atoms with Crippen LogP contribution in [-0.4, -0.2) is 31.4 Å². The van der Waals surface area contributed by atoms with Crippen LogP contribution in [0.25, 0.3) is 11.4 Å². The molecule has 1 aromatic carbocycles. The molecular weight excluding hydrogens is 470 g/mol. The van der Waals surface area contributed by atoms with Crippen LogP contribution in [0, 0.1) is 0 Å². The zero-order chi connectivity index (χ0) is 17.8. The van der Waals surface area contributed by atoms with E-state index in [1.807, 2.05) is 41.9 Å². The Morgan fingerprint density at radius 1 is 1.20 bits per heavy atom. The summed E-state index contributed by atoms with van der Waals surface area (Å²) in [7, 11) is 1.88. The molecule has 3 aromatic rings. The number of pyridine rings is 1. The molecule has 128 valence electrons. The Bertz CT molecular complexity index is 898. The quantitative estimate of drug-likeness (QED) is 0.553. The van der Waals surface area contributed by atoms with Crippen molar-refractivity contribution >= 4 is 55.3 Å². The van der Waals surface area contributed by atoms with Crippen molar-refractivity contribution in [3.63, 3.8) is 0 Å². The number of thioether (sulfide) groups is 1. The molecule has 2 heterocycles. The minimum Gasteiger partial charge on any atom is -0.310 e. The van der Waals surface area contributed by atoms with E-state index in [0.717, 1.165) is 20.3 Å². The Morgan fingerprint density at radius 3 is 2.72 bits per heavy atom. The van der Waals surface area contributed by atoms with Gasteiger partial charge in [0.05, 0.1) is 5.75 Å². The van der Waals surface area contributed by atoms with Gasteiger partial charge in [-0.2, -0.15) is 0 Å². The lowest BCUT2D eigenvalue weighted by Crippen LogP contribution is -2.15. The Labute approximate surface area is 165 Å². The molecule has 0 saturated carbocycles. The van der Waals surface area contributed by atoms with Gasteiger partial charge in [0.25, 0.3) is 0 Å². The molecule has 25 heavy (non-hydrogen) atoms. The third-order valence-electron chi connectivity index (χ3n) is 3.28. The first kappa shape index (κ1) is 18.1. The van der Waals surface area contributed by atoms with Gasteiger partial charge in [0.1, 0.15) is 5.82 Å². The third kappa shape index (κ3) is 4.47.